The molecule has 3 amide bonds. The van der Waals surface area contributed by atoms with Gasteiger partial charge in [-0.15, -0.1) is 0 Å². The summed E-state index contributed by atoms with van der Waals surface area (Å²) in [4.78, 5) is 40.4. The lowest BCUT2D eigenvalue weighted by Crippen LogP contribution is -2.48. The third kappa shape index (κ3) is 3.93. The number of likely N-dealkylation sites (tertiary alicyclic amines) is 2. The van der Waals surface area contributed by atoms with Crippen LogP contribution in [0.25, 0.3) is 10.9 Å². The first-order valence-electron chi connectivity index (χ1n) is 10.9. The van der Waals surface area contributed by atoms with Crippen LogP contribution in [0.2, 0.25) is 0 Å². The number of primary amides is 1. The molecule has 7 heteroatoms. The molecule has 2 aliphatic rings. The molecular formula is C23H30N4O3. The molecule has 0 spiro atoms. The largest absolute Gasteiger partial charge is 0.368 e. The molecule has 30 heavy (non-hydrogen) atoms. The van der Waals surface area contributed by atoms with Gasteiger partial charge < -0.3 is 20.1 Å². The first-order valence-corrected chi connectivity index (χ1v) is 10.9. The van der Waals surface area contributed by atoms with Crippen molar-refractivity contribution in [1.82, 2.24) is 14.4 Å². The van der Waals surface area contributed by atoms with Gasteiger partial charge in [0.2, 0.25) is 17.7 Å². The van der Waals surface area contributed by atoms with Crippen LogP contribution in [0.3, 0.4) is 0 Å². The minimum atomic E-state index is -0.360. The number of nitrogens with two attached hydrogens (primary N) is 1. The molecule has 2 atom stereocenters. The number of carbonyl (C=O) groups is 3. The lowest BCUT2D eigenvalue weighted by atomic mass is 10.1. The standard InChI is InChI=1S/C23H30N4O3/c1-16(28)25-12-5-9-21(25)23(30)26-13-4-7-18(26)10-11-19-14-17-6-2-3-8-20(17)27(19)15-22(24)29/h2-3,6,8,14,18,21H,4-5,7,9-13,15H2,1H3,(H2,24,29)/t18-,21+/m0/s1. The second-order valence-electron chi connectivity index (χ2n) is 8.48. The molecule has 0 saturated carbocycles. The summed E-state index contributed by atoms with van der Waals surface area (Å²) in [6, 6.07) is 9.98. The Balaban J connectivity index is 1.49. The average molecular weight is 411 g/mol. The number of aromatic nitrogens is 1. The maximum Gasteiger partial charge on any atom is 0.245 e. The smallest absolute Gasteiger partial charge is 0.245 e. The Hall–Kier alpha value is -2.83. The summed E-state index contributed by atoms with van der Waals surface area (Å²) in [5.74, 6) is -0.277. The van der Waals surface area contributed by atoms with E-state index in [1.54, 1.807) is 11.8 Å². The van der Waals surface area contributed by atoms with Gasteiger partial charge in [0.05, 0.1) is 0 Å². The number of aryl methyl sites for hydroxylation is 1. The van der Waals surface area contributed by atoms with Crippen LogP contribution in [0, 0.1) is 0 Å². The number of benzene rings is 1. The minimum Gasteiger partial charge on any atom is -0.368 e. The van der Waals surface area contributed by atoms with E-state index in [9.17, 15) is 14.4 Å². The maximum atomic E-state index is 13.2. The molecular weight excluding hydrogens is 380 g/mol. The molecule has 3 heterocycles. The summed E-state index contributed by atoms with van der Waals surface area (Å²) in [5.41, 5.74) is 7.56. The molecule has 2 aromatic rings. The quantitative estimate of drug-likeness (QED) is 0.791. The van der Waals surface area contributed by atoms with Gasteiger partial charge in [0.1, 0.15) is 12.6 Å². The fraction of sp³-hybridized carbons (Fsp3) is 0.522. The van der Waals surface area contributed by atoms with Crippen molar-refractivity contribution in [1.29, 1.82) is 0 Å². The van der Waals surface area contributed by atoms with Gasteiger partial charge in [-0.25, -0.2) is 0 Å². The number of fused-ring (bicyclic) bond motifs is 1. The molecule has 160 valence electrons. The van der Waals surface area contributed by atoms with Crippen molar-refractivity contribution in [2.24, 2.45) is 5.73 Å². The zero-order valence-electron chi connectivity index (χ0n) is 17.5. The van der Waals surface area contributed by atoms with Crippen LogP contribution in [-0.4, -0.2) is 57.3 Å². The Morgan fingerprint density at radius 3 is 2.57 bits per heavy atom. The monoisotopic (exact) mass is 410 g/mol. The number of para-hydroxylation sites is 1. The Bertz CT molecular complexity index is 967. The number of amides is 3. The van der Waals surface area contributed by atoms with Crippen molar-refractivity contribution >= 4 is 28.6 Å². The fourth-order valence-electron chi connectivity index (χ4n) is 5.15. The molecule has 0 radical (unpaired) electrons. The van der Waals surface area contributed by atoms with Gasteiger partial charge in [0, 0.05) is 37.3 Å². The highest BCUT2D eigenvalue weighted by Crippen LogP contribution is 2.28. The highest BCUT2D eigenvalue weighted by molar-refractivity contribution is 5.88. The third-order valence-electron chi connectivity index (χ3n) is 6.55. The van der Waals surface area contributed by atoms with E-state index in [2.05, 4.69) is 6.07 Å². The van der Waals surface area contributed by atoms with Crippen LogP contribution in [0.15, 0.2) is 30.3 Å². The molecule has 2 aliphatic heterocycles. The van der Waals surface area contributed by atoms with E-state index in [1.807, 2.05) is 33.7 Å². The number of rotatable bonds is 6. The van der Waals surface area contributed by atoms with Crippen LogP contribution in [0.5, 0.6) is 0 Å². The van der Waals surface area contributed by atoms with E-state index in [1.165, 1.54) is 0 Å². The first-order chi connectivity index (χ1) is 14.5. The van der Waals surface area contributed by atoms with Crippen molar-refractivity contribution in [3.63, 3.8) is 0 Å². The summed E-state index contributed by atoms with van der Waals surface area (Å²) in [6.45, 7) is 3.14. The summed E-state index contributed by atoms with van der Waals surface area (Å²) in [6.07, 6.45) is 5.24. The second-order valence-corrected chi connectivity index (χ2v) is 8.48. The predicted molar refractivity (Wildman–Crippen MR) is 115 cm³/mol. The van der Waals surface area contributed by atoms with E-state index >= 15 is 0 Å². The zero-order valence-corrected chi connectivity index (χ0v) is 17.5. The SMILES string of the molecule is CC(=O)N1CCC[C@@H]1C(=O)N1CCC[C@H]1CCc1cc2ccccc2n1CC(N)=O. The Labute approximate surface area is 176 Å². The van der Waals surface area contributed by atoms with E-state index in [0.29, 0.717) is 6.54 Å². The molecule has 2 fully saturated rings. The molecule has 1 aromatic carbocycles. The van der Waals surface area contributed by atoms with Crippen LogP contribution in [-0.2, 0) is 27.3 Å². The van der Waals surface area contributed by atoms with Crippen molar-refractivity contribution in [3.05, 3.63) is 36.0 Å². The van der Waals surface area contributed by atoms with E-state index < -0.39 is 0 Å². The molecule has 7 nitrogen and oxygen atoms in total. The van der Waals surface area contributed by atoms with Gasteiger partial charge in [0.25, 0.3) is 0 Å². The number of carbonyl (C=O) groups excluding carboxylic acids is 3. The highest BCUT2D eigenvalue weighted by Gasteiger charge is 2.38. The average Bonchev–Trinajstić information content (AvgIpc) is 3.44. The highest BCUT2D eigenvalue weighted by atomic mass is 16.2. The molecule has 0 bridgehead atoms. The van der Waals surface area contributed by atoms with Gasteiger partial charge >= 0.3 is 0 Å². The van der Waals surface area contributed by atoms with Crippen LogP contribution < -0.4 is 5.73 Å². The van der Waals surface area contributed by atoms with Gasteiger partial charge in [-0.05, 0) is 56.0 Å². The molecule has 2 saturated heterocycles. The van der Waals surface area contributed by atoms with Crippen LogP contribution >= 0.6 is 0 Å². The lowest BCUT2D eigenvalue weighted by Gasteiger charge is -2.31. The molecule has 4 rings (SSSR count). The zero-order chi connectivity index (χ0) is 21.3. The van der Waals surface area contributed by atoms with E-state index in [-0.39, 0.29) is 36.3 Å². The van der Waals surface area contributed by atoms with Gasteiger partial charge in [-0.2, -0.15) is 0 Å². The lowest BCUT2D eigenvalue weighted by molar-refractivity contribution is -0.143. The normalized spacial score (nSPS) is 21.5. The second kappa shape index (κ2) is 8.50. The summed E-state index contributed by atoms with van der Waals surface area (Å²) < 4.78 is 1.99. The maximum absolute atomic E-state index is 13.2. The number of hydrogen-bond acceptors (Lipinski definition) is 3. The summed E-state index contributed by atoms with van der Waals surface area (Å²) in [7, 11) is 0. The molecule has 0 unspecified atom stereocenters. The Kier molecular flexibility index (Phi) is 5.79. The van der Waals surface area contributed by atoms with Crippen LogP contribution in [0.1, 0.15) is 44.7 Å². The minimum absolute atomic E-state index is 0.0161. The van der Waals surface area contributed by atoms with Crippen molar-refractivity contribution in [3.8, 4) is 0 Å². The molecule has 0 aliphatic carbocycles. The Morgan fingerprint density at radius 1 is 1.07 bits per heavy atom. The summed E-state index contributed by atoms with van der Waals surface area (Å²) >= 11 is 0. The number of nitrogens with zero attached hydrogens (tertiary/aromatic N) is 3. The van der Waals surface area contributed by atoms with Crippen molar-refractivity contribution in [2.75, 3.05) is 13.1 Å². The molecule has 1 aromatic heterocycles. The van der Waals surface area contributed by atoms with Gasteiger partial charge in [0.15, 0.2) is 0 Å². The fourth-order valence-corrected chi connectivity index (χ4v) is 5.15. The predicted octanol–water partition coefficient (Wildman–Crippen LogP) is 2.06. The van der Waals surface area contributed by atoms with Crippen LogP contribution in [0.4, 0.5) is 0 Å². The Morgan fingerprint density at radius 2 is 1.80 bits per heavy atom. The van der Waals surface area contributed by atoms with Gasteiger partial charge in [-0.3, -0.25) is 14.4 Å². The third-order valence-corrected chi connectivity index (χ3v) is 6.55. The van der Waals surface area contributed by atoms with E-state index in [0.717, 1.165) is 61.7 Å². The number of hydrogen-bond donors (Lipinski definition) is 1. The summed E-state index contributed by atoms with van der Waals surface area (Å²) in [5, 5.41) is 1.09. The van der Waals surface area contributed by atoms with Crippen molar-refractivity contribution < 1.29 is 14.4 Å². The van der Waals surface area contributed by atoms with Gasteiger partial charge in [-0.1, -0.05) is 18.2 Å². The van der Waals surface area contributed by atoms with Crippen molar-refractivity contribution in [2.45, 2.75) is 64.1 Å². The van der Waals surface area contributed by atoms with E-state index in [4.69, 9.17) is 5.73 Å². The molecule has 2 N–H and O–H groups in total. The first kappa shape index (κ1) is 20.4. The topological polar surface area (TPSA) is 88.6 Å².